The van der Waals surface area contributed by atoms with E-state index in [2.05, 4.69) is 42.8 Å². The Bertz CT molecular complexity index is 528. The van der Waals surface area contributed by atoms with E-state index in [-0.39, 0.29) is 6.04 Å². The smallest absolute Gasteiger partial charge is 0.151 e. The van der Waals surface area contributed by atoms with Crippen molar-refractivity contribution in [1.82, 2.24) is 5.32 Å². The molecule has 0 aliphatic carbocycles. The summed E-state index contributed by atoms with van der Waals surface area (Å²) in [6.45, 7) is 2.13. The Morgan fingerprint density at radius 1 is 1.42 bits per heavy atom. The maximum absolute atomic E-state index is 11.4. The van der Waals surface area contributed by atoms with E-state index in [4.69, 9.17) is 0 Å². The van der Waals surface area contributed by atoms with Gasteiger partial charge in [-0.25, -0.2) is 8.42 Å². The molecule has 1 aliphatic heterocycles. The van der Waals surface area contributed by atoms with Crippen LogP contribution in [0.1, 0.15) is 18.9 Å². The summed E-state index contributed by atoms with van der Waals surface area (Å²) in [5.41, 5.74) is 1.33. The summed E-state index contributed by atoms with van der Waals surface area (Å²) >= 11 is 1.76. The molecule has 0 saturated carbocycles. The Labute approximate surface area is 120 Å². The summed E-state index contributed by atoms with van der Waals surface area (Å²) in [5, 5.41) is 3.45. The van der Waals surface area contributed by atoms with Crippen LogP contribution in [0.15, 0.2) is 29.2 Å². The van der Waals surface area contributed by atoms with Gasteiger partial charge in [0.05, 0.1) is 11.5 Å². The van der Waals surface area contributed by atoms with Crippen molar-refractivity contribution in [3.8, 4) is 0 Å². The maximum atomic E-state index is 11.4. The molecule has 0 aromatic heterocycles. The third-order valence-corrected chi connectivity index (χ3v) is 6.08. The van der Waals surface area contributed by atoms with Gasteiger partial charge in [-0.3, -0.25) is 0 Å². The molecule has 0 bridgehead atoms. The Morgan fingerprint density at radius 3 is 2.79 bits per heavy atom. The average Bonchev–Trinajstić information content (AvgIpc) is 2.69. The summed E-state index contributed by atoms with van der Waals surface area (Å²) in [6, 6.07) is 8.81. The van der Waals surface area contributed by atoms with Gasteiger partial charge in [0, 0.05) is 17.0 Å². The first-order valence-corrected chi connectivity index (χ1v) is 9.63. The fourth-order valence-corrected chi connectivity index (χ4v) is 4.90. The van der Waals surface area contributed by atoms with Crippen molar-refractivity contribution in [1.29, 1.82) is 0 Å². The van der Waals surface area contributed by atoms with Gasteiger partial charge in [0.15, 0.2) is 9.84 Å². The fraction of sp³-hybridized carbons (Fsp3) is 0.571. The summed E-state index contributed by atoms with van der Waals surface area (Å²) in [6.07, 6.45) is 3.77. The molecule has 1 saturated heterocycles. The van der Waals surface area contributed by atoms with Crippen molar-refractivity contribution in [3.63, 3.8) is 0 Å². The number of hydrogen-bond acceptors (Lipinski definition) is 4. The van der Waals surface area contributed by atoms with Crippen molar-refractivity contribution < 1.29 is 8.42 Å². The zero-order valence-electron chi connectivity index (χ0n) is 11.4. The van der Waals surface area contributed by atoms with E-state index in [1.54, 1.807) is 11.8 Å². The second kappa shape index (κ2) is 6.29. The third kappa shape index (κ3) is 4.23. The van der Waals surface area contributed by atoms with Gasteiger partial charge in [-0.05, 0) is 37.7 Å². The van der Waals surface area contributed by atoms with Crippen LogP contribution in [0.5, 0.6) is 0 Å². The van der Waals surface area contributed by atoms with Gasteiger partial charge in [-0.15, -0.1) is 11.8 Å². The van der Waals surface area contributed by atoms with Crippen LogP contribution in [-0.4, -0.2) is 38.3 Å². The Kier molecular flexibility index (Phi) is 4.92. The standard InChI is InChI=1S/C14H21NO2S2/c1-11(15-13-7-8-19(16,17)10-13)9-12-5-3-4-6-14(12)18-2/h3-6,11,13,15H,7-10H2,1-2H3/t11-,13-/m0/s1. The minimum Gasteiger partial charge on any atom is -0.310 e. The highest BCUT2D eigenvalue weighted by molar-refractivity contribution is 7.98. The van der Waals surface area contributed by atoms with Crippen LogP contribution in [0.4, 0.5) is 0 Å². The van der Waals surface area contributed by atoms with Gasteiger partial charge in [0.1, 0.15) is 0 Å². The predicted molar refractivity (Wildman–Crippen MR) is 81.6 cm³/mol. The highest BCUT2D eigenvalue weighted by atomic mass is 32.2. The van der Waals surface area contributed by atoms with E-state index >= 15 is 0 Å². The van der Waals surface area contributed by atoms with Crippen LogP contribution >= 0.6 is 11.8 Å². The Balaban J connectivity index is 1.93. The molecular weight excluding hydrogens is 278 g/mol. The highest BCUT2D eigenvalue weighted by Gasteiger charge is 2.28. The number of nitrogens with one attached hydrogen (secondary N) is 1. The summed E-state index contributed by atoms with van der Waals surface area (Å²) in [4.78, 5) is 1.30. The van der Waals surface area contributed by atoms with Crippen molar-refractivity contribution in [2.24, 2.45) is 0 Å². The van der Waals surface area contributed by atoms with Crippen molar-refractivity contribution in [2.75, 3.05) is 17.8 Å². The molecule has 0 unspecified atom stereocenters. The zero-order chi connectivity index (χ0) is 13.9. The van der Waals surface area contributed by atoms with Crippen LogP contribution in [0.25, 0.3) is 0 Å². The molecule has 1 aromatic carbocycles. The zero-order valence-corrected chi connectivity index (χ0v) is 13.1. The molecule has 0 amide bonds. The first-order valence-electron chi connectivity index (χ1n) is 6.58. The number of rotatable bonds is 5. The molecule has 2 rings (SSSR count). The molecule has 1 fully saturated rings. The molecule has 0 spiro atoms. The maximum Gasteiger partial charge on any atom is 0.151 e. The third-order valence-electron chi connectivity index (χ3n) is 3.47. The van der Waals surface area contributed by atoms with Crippen LogP contribution in [0.2, 0.25) is 0 Å². The minimum atomic E-state index is -2.79. The molecule has 106 valence electrons. The number of sulfone groups is 1. The molecule has 1 aliphatic rings. The Morgan fingerprint density at radius 2 is 2.16 bits per heavy atom. The lowest BCUT2D eigenvalue weighted by atomic mass is 10.1. The van der Waals surface area contributed by atoms with Gasteiger partial charge in [0.2, 0.25) is 0 Å². The molecule has 1 N–H and O–H groups in total. The van der Waals surface area contributed by atoms with Gasteiger partial charge in [-0.2, -0.15) is 0 Å². The van der Waals surface area contributed by atoms with E-state index in [9.17, 15) is 8.42 Å². The average molecular weight is 299 g/mol. The van der Waals surface area contributed by atoms with Crippen LogP contribution in [-0.2, 0) is 16.3 Å². The second-order valence-electron chi connectivity index (χ2n) is 5.18. The van der Waals surface area contributed by atoms with E-state index in [1.807, 2.05) is 0 Å². The quantitative estimate of drug-likeness (QED) is 0.846. The minimum absolute atomic E-state index is 0.126. The van der Waals surface area contributed by atoms with E-state index in [0.717, 1.165) is 12.8 Å². The highest BCUT2D eigenvalue weighted by Crippen LogP contribution is 2.21. The van der Waals surface area contributed by atoms with Crippen LogP contribution in [0.3, 0.4) is 0 Å². The first-order chi connectivity index (χ1) is 9.00. The van der Waals surface area contributed by atoms with Gasteiger partial charge in [0.25, 0.3) is 0 Å². The summed E-state index contributed by atoms with van der Waals surface area (Å²) in [7, 11) is -2.79. The molecule has 1 aromatic rings. The lowest BCUT2D eigenvalue weighted by Gasteiger charge is -2.19. The van der Waals surface area contributed by atoms with Gasteiger partial charge < -0.3 is 5.32 Å². The lowest BCUT2D eigenvalue weighted by Crippen LogP contribution is -2.38. The van der Waals surface area contributed by atoms with Crippen molar-refractivity contribution in [3.05, 3.63) is 29.8 Å². The van der Waals surface area contributed by atoms with Crippen molar-refractivity contribution in [2.45, 2.75) is 36.7 Å². The van der Waals surface area contributed by atoms with Gasteiger partial charge in [-0.1, -0.05) is 18.2 Å². The van der Waals surface area contributed by atoms with E-state index < -0.39 is 9.84 Å². The normalized spacial score (nSPS) is 23.4. The number of hydrogen-bond donors (Lipinski definition) is 1. The lowest BCUT2D eigenvalue weighted by molar-refractivity contribution is 0.468. The molecule has 19 heavy (non-hydrogen) atoms. The summed E-state index contributed by atoms with van der Waals surface area (Å²) < 4.78 is 22.9. The second-order valence-corrected chi connectivity index (χ2v) is 8.26. The van der Waals surface area contributed by atoms with Crippen molar-refractivity contribution >= 4 is 21.6 Å². The first kappa shape index (κ1) is 14.9. The molecule has 0 radical (unpaired) electrons. The number of benzene rings is 1. The monoisotopic (exact) mass is 299 g/mol. The number of thioether (sulfide) groups is 1. The van der Waals surface area contributed by atoms with Gasteiger partial charge >= 0.3 is 0 Å². The molecule has 2 atom stereocenters. The SMILES string of the molecule is CSc1ccccc1C[C@H](C)N[C@H]1CCS(=O)(=O)C1. The topological polar surface area (TPSA) is 46.2 Å². The van der Waals surface area contributed by atoms with E-state index in [0.29, 0.717) is 17.5 Å². The fourth-order valence-electron chi connectivity index (χ4n) is 2.59. The molecule has 1 heterocycles. The molecule has 3 nitrogen and oxygen atoms in total. The largest absolute Gasteiger partial charge is 0.310 e. The van der Waals surface area contributed by atoms with E-state index in [1.165, 1.54) is 10.5 Å². The predicted octanol–water partition coefficient (Wildman–Crippen LogP) is 2.12. The van der Waals surface area contributed by atoms with Crippen LogP contribution < -0.4 is 5.32 Å². The van der Waals surface area contributed by atoms with Crippen LogP contribution in [0, 0.1) is 0 Å². The summed E-state index contributed by atoms with van der Waals surface area (Å²) in [5.74, 6) is 0.625. The Hall–Kier alpha value is -0.520. The molecular formula is C14H21NO2S2. The molecule has 5 heteroatoms.